The van der Waals surface area contributed by atoms with Crippen molar-refractivity contribution in [1.82, 2.24) is 20.9 Å². The average Bonchev–Trinajstić information content (AvgIpc) is 3.33. The van der Waals surface area contributed by atoms with Crippen LogP contribution in [0.2, 0.25) is 0 Å². The van der Waals surface area contributed by atoms with E-state index in [1.807, 2.05) is 31.2 Å². The first-order valence-electron chi connectivity index (χ1n) is 13.3. The molecule has 0 aliphatic heterocycles. The molecule has 1 aromatic heterocycles. The van der Waals surface area contributed by atoms with Crippen molar-refractivity contribution < 1.29 is 33.9 Å². The van der Waals surface area contributed by atoms with E-state index < -0.39 is 59.7 Å². The van der Waals surface area contributed by atoms with Crippen LogP contribution in [0.3, 0.4) is 0 Å². The molecule has 0 bridgehead atoms. The molecule has 0 saturated heterocycles. The Morgan fingerprint density at radius 1 is 0.878 bits per heavy atom. The molecule has 2 aromatic rings. The van der Waals surface area contributed by atoms with Crippen molar-refractivity contribution in [2.24, 2.45) is 23.1 Å². The molecule has 0 aliphatic rings. The van der Waals surface area contributed by atoms with E-state index in [0.29, 0.717) is 6.42 Å². The van der Waals surface area contributed by atoms with E-state index in [0.717, 1.165) is 16.5 Å². The van der Waals surface area contributed by atoms with Crippen LogP contribution in [-0.2, 0) is 35.2 Å². The number of nitrogens with two attached hydrogens (primary N) is 3. The maximum absolute atomic E-state index is 13.3. The lowest BCUT2D eigenvalue weighted by Crippen LogP contribution is -2.58. The molecule has 14 nitrogen and oxygen atoms in total. The monoisotopic (exact) mass is 573 g/mol. The second kappa shape index (κ2) is 15.4. The third-order valence-electron chi connectivity index (χ3n) is 6.85. The Morgan fingerprint density at radius 2 is 1.46 bits per heavy atom. The van der Waals surface area contributed by atoms with Crippen molar-refractivity contribution in [3.63, 3.8) is 0 Å². The van der Waals surface area contributed by atoms with E-state index in [1.165, 1.54) is 0 Å². The first-order chi connectivity index (χ1) is 19.3. The molecule has 11 N–H and O–H groups in total. The number of H-pyrrole nitrogens is 1. The first-order valence-corrected chi connectivity index (χ1v) is 13.3. The minimum Gasteiger partial charge on any atom is -0.480 e. The number of fused-ring (bicyclic) bond motifs is 1. The van der Waals surface area contributed by atoms with Crippen molar-refractivity contribution in [3.8, 4) is 0 Å². The van der Waals surface area contributed by atoms with Crippen molar-refractivity contribution in [2.75, 3.05) is 0 Å². The van der Waals surface area contributed by atoms with Gasteiger partial charge in [-0.2, -0.15) is 0 Å². The molecule has 2 rings (SSSR count). The summed E-state index contributed by atoms with van der Waals surface area (Å²) in [4.78, 5) is 76.5. The molecule has 41 heavy (non-hydrogen) atoms. The highest BCUT2D eigenvalue weighted by atomic mass is 16.4. The molecule has 0 radical (unpaired) electrons. The summed E-state index contributed by atoms with van der Waals surface area (Å²) in [6.07, 6.45) is 1.39. The van der Waals surface area contributed by atoms with Gasteiger partial charge in [-0.05, 0) is 36.8 Å². The fourth-order valence-corrected chi connectivity index (χ4v) is 4.23. The van der Waals surface area contributed by atoms with E-state index in [9.17, 15) is 33.9 Å². The highest BCUT2D eigenvalue weighted by molar-refractivity contribution is 5.95. The number of amides is 5. The number of nitrogens with one attached hydrogen (secondary N) is 4. The number of benzene rings is 1. The third-order valence-corrected chi connectivity index (χ3v) is 6.85. The Morgan fingerprint density at radius 3 is 2.05 bits per heavy atom. The normalized spacial score (nSPS) is 14.7. The number of carbonyl (C=O) groups excluding carboxylic acids is 5. The highest BCUT2D eigenvalue weighted by Gasteiger charge is 2.32. The third kappa shape index (κ3) is 9.90. The Hall–Kier alpha value is -4.46. The van der Waals surface area contributed by atoms with Gasteiger partial charge in [0.2, 0.25) is 29.5 Å². The van der Waals surface area contributed by atoms with Gasteiger partial charge in [0.05, 0.1) is 6.04 Å². The van der Waals surface area contributed by atoms with Gasteiger partial charge in [0.15, 0.2) is 0 Å². The summed E-state index contributed by atoms with van der Waals surface area (Å²) in [5.74, 6) is -5.47. The second-order valence-corrected chi connectivity index (χ2v) is 10.0. The van der Waals surface area contributed by atoms with Gasteiger partial charge in [0.25, 0.3) is 0 Å². The lowest BCUT2D eigenvalue weighted by Gasteiger charge is -2.28. The van der Waals surface area contributed by atoms with Gasteiger partial charge < -0.3 is 43.2 Å². The van der Waals surface area contributed by atoms with Gasteiger partial charge in [0.1, 0.15) is 18.1 Å². The molecule has 5 amide bonds. The van der Waals surface area contributed by atoms with Crippen LogP contribution in [0.1, 0.15) is 51.5 Å². The number of aromatic nitrogens is 1. The van der Waals surface area contributed by atoms with E-state index in [-0.39, 0.29) is 38.0 Å². The molecular formula is C27H39N7O7. The molecule has 0 aliphatic carbocycles. The molecule has 14 heteroatoms. The van der Waals surface area contributed by atoms with Gasteiger partial charge >= 0.3 is 5.97 Å². The Balaban J connectivity index is 2.16. The van der Waals surface area contributed by atoms with Gasteiger partial charge in [-0.1, -0.05) is 38.5 Å². The standard InChI is InChI=1S/C27H39N7O7/c1-3-14(2)23(34-24(37)17(28)12-15-13-31-18-7-5-4-6-16(15)18)26(39)32-19(8-10-21(29)35)25(38)33-20(27(40)41)9-11-22(30)36/h4-7,13-14,17,19-20,23,31H,3,8-12,28H2,1-2H3,(H2,29,35)(H2,30,36)(H,32,39)(H,33,38)(H,34,37)(H,40,41). The molecule has 5 atom stereocenters. The van der Waals surface area contributed by atoms with E-state index in [1.54, 1.807) is 13.1 Å². The van der Waals surface area contributed by atoms with Gasteiger partial charge in [-0.3, -0.25) is 24.0 Å². The molecule has 5 unspecified atom stereocenters. The van der Waals surface area contributed by atoms with E-state index in [4.69, 9.17) is 17.2 Å². The zero-order chi connectivity index (χ0) is 30.7. The van der Waals surface area contributed by atoms with Crippen molar-refractivity contribution >= 4 is 46.4 Å². The van der Waals surface area contributed by atoms with E-state index >= 15 is 0 Å². The molecule has 0 spiro atoms. The van der Waals surface area contributed by atoms with Crippen LogP contribution in [-0.4, -0.2) is 69.8 Å². The molecule has 0 fully saturated rings. The van der Waals surface area contributed by atoms with Crippen LogP contribution in [0, 0.1) is 5.92 Å². The van der Waals surface area contributed by atoms with Crippen molar-refractivity contribution in [3.05, 3.63) is 36.0 Å². The predicted molar refractivity (Wildman–Crippen MR) is 150 cm³/mol. The summed E-state index contributed by atoms with van der Waals surface area (Å²) in [6.45, 7) is 3.55. The fraction of sp³-hybridized carbons (Fsp3) is 0.481. The highest BCUT2D eigenvalue weighted by Crippen LogP contribution is 2.19. The smallest absolute Gasteiger partial charge is 0.326 e. The number of aromatic amines is 1. The molecule has 1 aromatic carbocycles. The quantitative estimate of drug-likeness (QED) is 0.118. The molecule has 224 valence electrons. The predicted octanol–water partition coefficient (Wildman–Crippen LogP) is -0.846. The summed E-state index contributed by atoms with van der Waals surface area (Å²) >= 11 is 0. The van der Waals surface area contributed by atoms with Gasteiger partial charge in [0, 0.05) is 29.9 Å². The number of hydrogen-bond donors (Lipinski definition) is 8. The van der Waals surface area contributed by atoms with Crippen molar-refractivity contribution in [2.45, 2.75) is 76.5 Å². The summed E-state index contributed by atoms with van der Waals surface area (Å²) in [5, 5.41) is 17.8. The van der Waals surface area contributed by atoms with Crippen LogP contribution in [0.15, 0.2) is 30.5 Å². The average molecular weight is 574 g/mol. The lowest BCUT2D eigenvalue weighted by atomic mass is 9.96. The zero-order valence-electron chi connectivity index (χ0n) is 23.1. The van der Waals surface area contributed by atoms with Gasteiger partial charge in [-0.25, -0.2) is 4.79 Å². The van der Waals surface area contributed by atoms with E-state index in [2.05, 4.69) is 20.9 Å². The summed E-state index contributed by atoms with van der Waals surface area (Å²) < 4.78 is 0. The summed E-state index contributed by atoms with van der Waals surface area (Å²) in [5.41, 5.74) is 18.2. The number of aliphatic carboxylic acids is 1. The minimum absolute atomic E-state index is 0.205. The molecule has 0 saturated carbocycles. The Kier molecular flexibility index (Phi) is 12.3. The van der Waals surface area contributed by atoms with Crippen LogP contribution in [0.5, 0.6) is 0 Å². The van der Waals surface area contributed by atoms with Crippen LogP contribution in [0.25, 0.3) is 10.9 Å². The van der Waals surface area contributed by atoms with Crippen LogP contribution in [0.4, 0.5) is 0 Å². The van der Waals surface area contributed by atoms with Crippen LogP contribution < -0.4 is 33.2 Å². The van der Waals surface area contributed by atoms with Crippen molar-refractivity contribution in [1.29, 1.82) is 0 Å². The molecule has 1 heterocycles. The van der Waals surface area contributed by atoms with Gasteiger partial charge in [-0.15, -0.1) is 0 Å². The Labute approximate surface area is 237 Å². The Bertz CT molecular complexity index is 1260. The SMILES string of the molecule is CCC(C)C(NC(=O)C(N)Cc1c[nH]c2ccccc12)C(=O)NC(CCC(N)=O)C(=O)NC(CCC(N)=O)C(=O)O. The first kappa shape index (κ1) is 32.8. The number of carboxylic acids is 1. The minimum atomic E-state index is -1.46. The summed E-state index contributed by atoms with van der Waals surface area (Å²) in [6, 6.07) is 2.67. The lowest BCUT2D eigenvalue weighted by molar-refractivity contribution is -0.143. The second-order valence-electron chi connectivity index (χ2n) is 10.0. The number of primary amides is 2. The maximum atomic E-state index is 13.3. The van der Waals surface area contributed by atoms with Crippen LogP contribution >= 0.6 is 0 Å². The number of hydrogen-bond acceptors (Lipinski definition) is 7. The molecular weight excluding hydrogens is 534 g/mol. The number of carbonyl (C=O) groups is 6. The fourth-order valence-electron chi connectivity index (χ4n) is 4.23. The zero-order valence-corrected chi connectivity index (χ0v) is 23.1. The number of rotatable bonds is 17. The number of carboxylic acid groups (broad SMARTS) is 1. The topological polar surface area (TPSA) is 253 Å². The summed E-state index contributed by atoms with van der Waals surface area (Å²) in [7, 11) is 0. The largest absolute Gasteiger partial charge is 0.480 e. The maximum Gasteiger partial charge on any atom is 0.326 e. The number of para-hydroxylation sites is 1.